The number of H-pyrrole nitrogens is 1. The molecule has 5 rings (SSSR count). The van der Waals surface area contributed by atoms with Crippen molar-refractivity contribution in [3.8, 4) is 17.0 Å². The standard InChI is InChI=1S/C23H23ClN6O2S/c1-32-21-13-17(30-8-10-33(25,31)11-9-30)3-5-20(21)28-23-27-14-18(24)22(29-23)16-2-4-19-15(12-16)6-7-26-19/h2-7,12-14,25-26H,8-11H2,1H3,(H,27,28,29). The molecule has 1 fully saturated rings. The number of benzene rings is 2. The third kappa shape index (κ3) is 4.46. The Hall–Kier alpha value is -3.30. The number of fused-ring (bicyclic) bond motifs is 1. The fourth-order valence-electron chi connectivity index (χ4n) is 3.92. The zero-order valence-corrected chi connectivity index (χ0v) is 19.5. The average Bonchev–Trinajstić information content (AvgIpc) is 3.28. The topological polar surface area (TPSA) is 107 Å². The van der Waals surface area contributed by atoms with Gasteiger partial charge in [-0.3, -0.25) is 4.78 Å². The zero-order valence-electron chi connectivity index (χ0n) is 18.0. The van der Waals surface area contributed by atoms with Crippen LogP contribution in [-0.4, -0.2) is 50.9 Å². The van der Waals surface area contributed by atoms with E-state index in [0.29, 0.717) is 47.0 Å². The Morgan fingerprint density at radius 3 is 2.79 bits per heavy atom. The summed E-state index contributed by atoms with van der Waals surface area (Å²) in [6, 6.07) is 13.8. The Bertz CT molecular complexity index is 1420. The molecule has 170 valence electrons. The highest BCUT2D eigenvalue weighted by Crippen LogP contribution is 2.34. The van der Waals surface area contributed by atoms with Crippen LogP contribution in [0.25, 0.3) is 22.2 Å². The van der Waals surface area contributed by atoms with E-state index in [9.17, 15) is 4.21 Å². The van der Waals surface area contributed by atoms with Crippen LogP contribution in [0.1, 0.15) is 0 Å². The minimum absolute atomic E-state index is 0.380. The molecule has 0 saturated carbocycles. The number of aromatic amines is 1. The highest BCUT2D eigenvalue weighted by molar-refractivity contribution is 7.92. The van der Waals surface area contributed by atoms with E-state index in [1.165, 1.54) is 0 Å². The van der Waals surface area contributed by atoms with Gasteiger partial charge in [-0.25, -0.2) is 14.2 Å². The quantitative estimate of drug-likeness (QED) is 0.373. The van der Waals surface area contributed by atoms with Gasteiger partial charge in [-0.15, -0.1) is 0 Å². The molecule has 8 nitrogen and oxygen atoms in total. The monoisotopic (exact) mass is 482 g/mol. The summed E-state index contributed by atoms with van der Waals surface area (Å²) in [5.74, 6) is 1.80. The van der Waals surface area contributed by atoms with Gasteiger partial charge in [-0.1, -0.05) is 17.7 Å². The van der Waals surface area contributed by atoms with Crippen LogP contribution in [0.5, 0.6) is 5.75 Å². The molecule has 3 N–H and O–H groups in total. The molecule has 2 aromatic heterocycles. The van der Waals surface area contributed by atoms with Crippen molar-refractivity contribution in [3.63, 3.8) is 0 Å². The van der Waals surface area contributed by atoms with E-state index in [2.05, 4.69) is 25.2 Å². The van der Waals surface area contributed by atoms with Crippen molar-refractivity contribution in [1.29, 1.82) is 4.78 Å². The molecule has 0 aliphatic carbocycles. The van der Waals surface area contributed by atoms with Crippen LogP contribution in [0, 0.1) is 4.78 Å². The first-order valence-electron chi connectivity index (χ1n) is 10.5. The highest BCUT2D eigenvalue weighted by atomic mass is 35.5. The van der Waals surface area contributed by atoms with Crippen LogP contribution in [0.2, 0.25) is 5.02 Å². The third-order valence-corrected chi connectivity index (χ3v) is 7.71. The Kier molecular flexibility index (Phi) is 5.59. The highest BCUT2D eigenvalue weighted by Gasteiger charge is 2.20. The van der Waals surface area contributed by atoms with Crippen molar-refractivity contribution in [2.75, 3.05) is 41.9 Å². The largest absolute Gasteiger partial charge is 0.494 e. The third-order valence-electron chi connectivity index (χ3n) is 5.75. The van der Waals surface area contributed by atoms with Gasteiger partial charge in [-0.05, 0) is 30.3 Å². The molecular weight excluding hydrogens is 460 g/mol. The molecule has 0 radical (unpaired) electrons. The van der Waals surface area contributed by atoms with Crippen LogP contribution in [0.4, 0.5) is 17.3 Å². The van der Waals surface area contributed by atoms with E-state index in [0.717, 1.165) is 27.8 Å². The van der Waals surface area contributed by atoms with E-state index >= 15 is 0 Å². The summed E-state index contributed by atoms with van der Waals surface area (Å²) >= 11 is 6.42. The number of nitrogens with zero attached hydrogens (tertiary/aromatic N) is 3. The molecule has 0 spiro atoms. The number of anilines is 3. The first-order valence-corrected chi connectivity index (χ1v) is 12.7. The van der Waals surface area contributed by atoms with Crippen LogP contribution < -0.4 is 15.0 Å². The molecule has 33 heavy (non-hydrogen) atoms. The Morgan fingerprint density at radius 2 is 2.00 bits per heavy atom. The maximum atomic E-state index is 11.9. The fourth-order valence-corrected chi connectivity index (χ4v) is 5.35. The van der Waals surface area contributed by atoms with Crippen molar-refractivity contribution in [3.05, 3.63) is 59.9 Å². The summed E-state index contributed by atoms with van der Waals surface area (Å²) in [4.78, 5) is 14.3. The number of methoxy groups -OCH3 is 1. The molecular formula is C23H23ClN6O2S. The van der Waals surface area contributed by atoms with Crippen LogP contribution in [-0.2, 0) is 9.73 Å². The molecule has 4 aromatic rings. The summed E-state index contributed by atoms with van der Waals surface area (Å²) in [5, 5.41) is 4.77. The van der Waals surface area contributed by atoms with E-state index in [1.807, 2.05) is 48.7 Å². The summed E-state index contributed by atoms with van der Waals surface area (Å²) in [6.07, 6.45) is 3.48. The number of nitrogens with one attached hydrogen (secondary N) is 3. The maximum Gasteiger partial charge on any atom is 0.227 e. The molecule has 1 aliphatic rings. The van der Waals surface area contributed by atoms with Gasteiger partial charge < -0.3 is 19.9 Å². The predicted molar refractivity (Wildman–Crippen MR) is 133 cm³/mol. The first-order chi connectivity index (χ1) is 15.9. The minimum atomic E-state index is -2.44. The lowest BCUT2D eigenvalue weighted by atomic mass is 10.1. The van der Waals surface area contributed by atoms with Crippen molar-refractivity contribution in [2.24, 2.45) is 0 Å². The van der Waals surface area contributed by atoms with Crippen molar-refractivity contribution >= 4 is 49.6 Å². The smallest absolute Gasteiger partial charge is 0.227 e. The number of rotatable bonds is 5. The number of hydrogen-bond acceptors (Lipinski definition) is 7. The zero-order chi connectivity index (χ0) is 23.0. The normalized spacial score (nSPS) is 15.5. The second-order valence-corrected chi connectivity index (χ2v) is 10.7. The lowest BCUT2D eigenvalue weighted by Crippen LogP contribution is -2.39. The van der Waals surface area contributed by atoms with Gasteiger partial charge in [0.2, 0.25) is 5.95 Å². The Labute approximate surface area is 196 Å². The van der Waals surface area contributed by atoms with Gasteiger partial charge in [0.1, 0.15) is 5.75 Å². The number of ether oxygens (including phenoxy) is 1. The van der Waals surface area contributed by atoms with Gasteiger partial charge in [0, 0.05) is 68.7 Å². The molecule has 0 atom stereocenters. The van der Waals surface area contributed by atoms with Gasteiger partial charge in [0.05, 0.1) is 29.7 Å². The second-order valence-electron chi connectivity index (χ2n) is 7.89. The molecule has 0 amide bonds. The first kappa shape index (κ1) is 21.5. The fraction of sp³-hybridized carbons (Fsp3) is 0.217. The predicted octanol–water partition coefficient (Wildman–Crippen LogP) is 4.90. The van der Waals surface area contributed by atoms with Crippen molar-refractivity contribution < 1.29 is 8.95 Å². The van der Waals surface area contributed by atoms with Crippen molar-refractivity contribution in [1.82, 2.24) is 15.0 Å². The molecule has 10 heteroatoms. The van der Waals surface area contributed by atoms with E-state index in [1.54, 1.807) is 13.3 Å². The molecule has 0 unspecified atom stereocenters. The van der Waals surface area contributed by atoms with Crippen molar-refractivity contribution in [2.45, 2.75) is 0 Å². The molecule has 1 saturated heterocycles. The molecule has 1 aliphatic heterocycles. The number of hydrogen-bond donors (Lipinski definition) is 3. The van der Waals surface area contributed by atoms with Crippen LogP contribution in [0.3, 0.4) is 0 Å². The van der Waals surface area contributed by atoms with E-state index in [4.69, 9.17) is 21.1 Å². The summed E-state index contributed by atoms with van der Waals surface area (Å²) < 4.78 is 25.3. The van der Waals surface area contributed by atoms with Gasteiger partial charge >= 0.3 is 0 Å². The minimum Gasteiger partial charge on any atom is -0.494 e. The lowest BCUT2D eigenvalue weighted by Gasteiger charge is -2.30. The van der Waals surface area contributed by atoms with E-state index in [-0.39, 0.29) is 0 Å². The van der Waals surface area contributed by atoms with Gasteiger partial charge in [0.25, 0.3) is 0 Å². The van der Waals surface area contributed by atoms with Crippen LogP contribution in [0.15, 0.2) is 54.9 Å². The molecule has 2 aromatic carbocycles. The summed E-state index contributed by atoms with van der Waals surface area (Å²) in [7, 11) is -0.834. The van der Waals surface area contributed by atoms with Gasteiger partial charge in [0.15, 0.2) is 0 Å². The van der Waals surface area contributed by atoms with E-state index < -0.39 is 9.73 Å². The Morgan fingerprint density at radius 1 is 1.18 bits per heavy atom. The Balaban J connectivity index is 1.41. The average molecular weight is 483 g/mol. The SMILES string of the molecule is COc1cc(N2CCS(=N)(=O)CC2)ccc1Nc1ncc(Cl)c(-c2ccc3[nH]ccc3c2)n1. The summed E-state index contributed by atoms with van der Waals surface area (Å²) in [5.41, 5.74) is 4.27. The second kappa shape index (κ2) is 8.57. The summed E-state index contributed by atoms with van der Waals surface area (Å²) in [6.45, 7) is 1.18. The van der Waals surface area contributed by atoms with Crippen LogP contribution >= 0.6 is 11.6 Å². The molecule has 0 bridgehead atoms. The van der Waals surface area contributed by atoms with Gasteiger partial charge in [-0.2, -0.15) is 0 Å². The number of aromatic nitrogens is 3. The lowest BCUT2D eigenvalue weighted by molar-refractivity contribution is 0.416. The number of halogens is 1. The molecule has 3 heterocycles. The maximum absolute atomic E-state index is 11.9.